The molecule has 15 nitrogen and oxygen atoms in total. The van der Waals surface area contributed by atoms with E-state index in [1.54, 1.807) is 7.05 Å². The van der Waals surface area contributed by atoms with Crippen molar-refractivity contribution in [3.8, 4) is 5.75 Å². The van der Waals surface area contributed by atoms with E-state index in [-0.39, 0.29) is 37.7 Å². The van der Waals surface area contributed by atoms with Gasteiger partial charge in [0.1, 0.15) is 30.7 Å². The van der Waals surface area contributed by atoms with E-state index in [2.05, 4.69) is 10.8 Å². The Morgan fingerprint density at radius 3 is 2.32 bits per heavy atom. The van der Waals surface area contributed by atoms with Crippen LogP contribution in [0, 0.1) is 0 Å². The first-order chi connectivity index (χ1) is 18.1. The number of aliphatic carboxylic acids is 1. The summed E-state index contributed by atoms with van der Waals surface area (Å²) in [5.74, 6) is -2.85. The van der Waals surface area contributed by atoms with E-state index in [9.17, 15) is 34.8 Å². The minimum Gasteiger partial charge on any atom is -0.479 e. The number of nitrogens with one attached hydrogen (secondary N) is 2. The number of aliphatic hydroxyl groups is 3. The summed E-state index contributed by atoms with van der Waals surface area (Å²) in [5.41, 5.74) is 2.91. The van der Waals surface area contributed by atoms with E-state index in [4.69, 9.17) is 28.5 Å². The number of carbonyl (C=O) groups excluding carboxylic acids is 2. The lowest BCUT2D eigenvalue weighted by Crippen LogP contribution is -2.61. The Hall–Kier alpha value is -2.89. The zero-order valence-electron chi connectivity index (χ0n) is 21.0. The molecule has 0 spiro atoms. The van der Waals surface area contributed by atoms with Gasteiger partial charge in [0.05, 0.1) is 38.6 Å². The fourth-order valence-electron chi connectivity index (χ4n) is 3.26. The molecule has 1 aliphatic heterocycles. The number of rotatable bonds is 16. The number of carbonyl (C=O) groups is 3. The zero-order chi connectivity index (χ0) is 28.1. The number of benzene rings is 1. The van der Waals surface area contributed by atoms with Gasteiger partial charge in [-0.05, 0) is 17.7 Å². The number of ether oxygens (including phenoxy) is 5. The molecule has 38 heavy (non-hydrogen) atoms. The standard InChI is InChI=1S/C23H34N2O13/c1-13(26)35-12-14-3-4-16(37-23-19(29)17(27)18(28)20(38-23)22(31)32)15(11-14)21(30)25-5-6-33-7-8-34-9-10-36-24-2/h3-4,11,17-20,23-24,27-29H,5-10,12H2,1-2H3,(H,25,30)(H,31,32)/t17-,18-,19+,20-,23+/m0/s1. The summed E-state index contributed by atoms with van der Waals surface area (Å²) in [5, 5.41) is 42.0. The number of carboxylic acids is 1. The van der Waals surface area contributed by atoms with Gasteiger partial charge in [0.15, 0.2) is 6.10 Å². The molecule has 15 heteroatoms. The number of amides is 1. The largest absolute Gasteiger partial charge is 0.479 e. The Labute approximate surface area is 218 Å². The topological polar surface area (TPSA) is 212 Å². The summed E-state index contributed by atoms with van der Waals surface area (Å²) in [7, 11) is 1.64. The molecule has 214 valence electrons. The molecule has 1 aliphatic rings. The maximum atomic E-state index is 12.9. The predicted octanol–water partition coefficient (Wildman–Crippen LogP) is -2.07. The van der Waals surface area contributed by atoms with Gasteiger partial charge in [-0.1, -0.05) is 6.07 Å². The number of carboxylic acid groups (broad SMARTS) is 1. The van der Waals surface area contributed by atoms with Crippen LogP contribution in [-0.4, -0.2) is 116 Å². The molecule has 6 N–H and O–H groups in total. The molecule has 0 bridgehead atoms. The molecular weight excluding hydrogens is 512 g/mol. The van der Waals surface area contributed by atoms with Crippen LogP contribution in [0.4, 0.5) is 0 Å². The molecule has 5 atom stereocenters. The molecule has 1 amide bonds. The van der Waals surface area contributed by atoms with Gasteiger partial charge in [0, 0.05) is 20.5 Å². The Morgan fingerprint density at radius 2 is 1.66 bits per heavy atom. The van der Waals surface area contributed by atoms with Crippen LogP contribution in [0.5, 0.6) is 5.75 Å². The fourth-order valence-corrected chi connectivity index (χ4v) is 3.26. The van der Waals surface area contributed by atoms with Crippen LogP contribution in [0.1, 0.15) is 22.8 Å². The Bertz CT molecular complexity index is 915. The van der Waals surface area contributed by atoms with Crippen molar-refractivity contribution in [2.45, 2.75) is 44.2 Å². The van der Waals surface area contributed by atoms with Gasteiger partial charge in [-0.25, -0.2) is 10.3 Å². The highest BCUT2D eigenvalue weighted by atomic mass is 16.7. The first kappa shape index (κ1) is 31.3. The molecule has 1 saturated heterocycles. The second-order valence-corrected chi connectivity index (χ2v) is 8.00. The van der Waals surface area contributed by atoms with Gasteiger partial charge in [-0.3, -0.25) is 14.4 Å². The maximum absolute atomic E-state index is 12.9. The lowest BCUT2D eigenvalue weighted by Gasteiger charge is -2.38. The number of aliphatic hydroxyl groups excluding tert-OH is 3. The molecule has 0 saturated carbocycles. The average Bonchev–Trinajstić information content (AvgIpc) is 2.88. The number of hydrogen-bond acceptors (Lipinski definition) is 13. The maximum Gasteiger partial charge on any atom is 0.335 e. The summed E-state index contributed by atoms with van der Waals surface area (Å²) in [6.07, 6.45) is -9.20. The molecule has 1 fully saturated rings. The summed E-state index contributed by atoms with van der Waals surface area (Å²) in [6, 6.07) is 4.20. The van der Waals surface area contributed by atoms with Crippen molar-refractivity contribution in [3.05, 3.63) is 29.3 Å². The van der Waals surface area contributed by atoms with Crippen molar-refractivity contribution in [1.29, 1.82) is 0 Å². The van der Waals surface area contributed by atoms with Crippen LogP contribution < -0.4 is 15.5 Å². The molecule has 0 unspecified atom stereocenters. The first-order valence-electron chi connectivity index (χ1n) is 11.7. The monoisotopic (exact) mass is 546 g/mol. The summed E-state index contributed by atoms with van der Waals surface area (Å²) in [6.45, 7) is 2.77. The Morgan fingerprint density at radius 1 is 0.974 bits per heavy atom. The van der Waals surface area contributed by atoms with Gasteiger partial charge in [0.25, 0.3) is 5.91 Å². The van der Waals surface area contributed by atoms with Crippen molar-refractivity contribution in [1.82, 2.24) is 10.8 Å². The number of hydrogen-bond donors (Lipinski definition) is 6. The first-order valence-corrected chi connectivity index (χ1v) is 11.7. The van der Waals surface area contributed by atoms with Crippen LogP contribution in [-0.2, 0) is 40.0 Å². The van der Waals surface area contributed by atoms with E-state index in [0.29, 0.717) is 25.4 Å². The smallest absolute Gasteiger partial charge is 0.335 e. The third-order valence-corrected chi connectivity index (χ3v) is 5.16. The van der Waals surface area contributed by atoms with E-state index >= 15 is 0 Å². The highest BCUT2D eigenvalue weighted by Gasteiger charge is 2.48. The van der Waals surface area contributed by atoms with Crippen LogP contribution in [0.3, 0.4) is 0 Å². The van der Waals surface area contributed by atoms with Gasteiger partial charge < -0.3 is 49.4 Å². The Kier molecular flexibility index (Phi) is 13.3. The zero-order valence-corrected chi connectivity index (χ0v) is 21.0. The van der Waals surface area contributed by atoms with Gasteiger partial charge >= 0.3 is 11.9 Å². The molecule has 2 rings (SSSR count). The van der Waals surface area contributed by atoms with Crippen LogP contribution in [0.15, 0.2) is 18.2 Å². The minimum atomic E-state index is -1.90. The van der Waals surface area contributed by atoms with Crippen molar-refractivity contribution >= 4 is 17.8 Å². The highest BCUT2D eigenvalue weighted by Crippen LogP contribution is 2.28. The summed E-state index contributed by atoms with van der Waals surface area (Å²) >= 11 is 0. The molecule has 1 heterocycles. The van der Waals surface area contributed by atoms with E-state index in [1.807, 2.05) is 0 Å². The van der Waals surface area contributed by atoms with Crippen molar-refractivity contribution < 1.29 is 63.3 Å². The van der Waals surface area contributed by atoms with Gasteiger partial charge in [-0.15, -0.1) is 0 Å². The number of hydroxylamine groups is 1. The lowest BCUT2D eigenvalue weighted by molar-refractivity contribution is -0.271. The van der Waals surface area contributed by atoms with Gasteiger partial charge in [0.2, 0.25) is 6.29 Å². The molecule has 0 radical (unpaired) electrons. The molecular formula is C23H34N2O13. The van der Waals surface area contributed by atoms with Crippen molar-refractivity contribution in [2.75, 3.05) is 46.6 Å². The molecule has 1 aromatic carbocycles. The summed E-state index contributed by atoms with van der Waals surface area (Å²) in [4.78, 5) is 40.4. The van der Waals surface area contributed by atoms with Gasteiger partial charge in [-0.2, -0.15) is 0 Å². The molecule has 0 aromatic heterocycles. The SMILES string of the molecule is CNOCCOCCOCCNC(=O)c1cc(COC(C)=O)ccc1O[C@@H]1O[C@H](C(=O)O)[C@@H](O)[C@H](O)[C@H]1O. The van der Waals surface area contributed by atoms with Crippen LogP contribution in [0.25, 0.3) is 0 Å². The quantitative estimate of drug-likeness (QED) is 0.0748. The second-order valence-electron chi connectivity index (χ2n) is 8.00. The highest BCUT2D eigenvalue weighted by molar-refractivity contribution is 5.97. The fraction of sp³-hybridized carbons (Fsp3) is 0.609. The van der Waals surface area contributed by atoms with Crippen LogP contribution >= 0.6 is 0 Å². The average molecular weight is 547 g/mol. The normalized spacial score (nSPS) is 23.0. The minimum absolute atomic E-state index is 0.0502. The summed E-state index contributed by atoms with van der Waals surface area (Å²) < 4.78 is 26.3. The van der Waals surface area contributed by atoms with Crippen molar-refractivity contribution in [2.24, 2.45) is 0 Å². The van der Waals surface area contributed by atoms with Crippen molar-refractivity contribution in [3.63, 3.8) is 0 Å². The van der Waals surface area contributed by atoms with E-state index < -0.39 is 48.6 Å². The molecule has 1 aromatic rings. The molecule has 0 aliphatic carbocycles. The Balaban J connectivity index is 2.03. The third kappa shape index (κ3) is 9.77. The predicted molar refractivity (Wildman–Crippen MR) is 126 cm³/mol. The lowest BCUT2D eigenvalue weighted by atomic mass is 9.99. The third-order valence-electron chi connectivity index (χ3n) is 5.16. The van der Waals surface area contributed by atoms with Crippen LogP contribution in [0.2, 0.25) is 0 Å². The van der Waals surface area contributed by atoms with E-state index in [1.165, 1.54) is 25.1 Å². The van der Waals surface area contributed by atoms with E-state index in [0.717, 1.165) is 0 Å². The second kappa shape index (κ2) is 16.2. The number of esters is 1.